The lowest BCUT2D eigenvalue weighted by Gasteiger charge is -2.32. The molecule has 2 aromatic heterocycles. The second kappa shape index (κ2) is 6.16. The van der Waals surface area contributed by atoms with Crippen LogP contribution in [0.2, 0.25) is 0 Å². The minimum absolute atomic E-state index is 0.248. The molecule has 122 valence electrons. The molecule has 0 aliphatic carbocycles. The largest absolute Gasteiger partial charge is 0.480 e. The van der Waals surface area contributed by atoms with E-state index in [1.165, 1.54) is 16.2 Å². The lowest BCUT2D eigenvalue weighted by atomic mass is 10.0. The second-order valence-corrected chi connectivity index (χ2v) is 6.69. The third-order valence-corrected chi connectivity index (χ3v) is 5.15. The number of amides is 1. The number of aryl methyl sites for hydroxylation is 2. The van der Waals surface area contributed by atoms with E-state index < -0.39 is 12.0 Å². The predicted octanol–water partition coefficient (Wildman–Crippen LogP) is 3.10. The van der Waals surface area contributed by atoms with E-state index in [0.717, 1.165) is 18.6 Å². The summed E-state index contributed by atoms with van der Waals surface area (Å²) >= 11 is 1.25. The van der Waals surface area contributed by atoms with Crippen molar-refractivity contribution in [3.05, 3.63) is 28.5 Å². The zero-order valence-electron chi connectivity index (χ0n) is 13.0. The molecule has 1 aliphatic heterocycles. The molecule has 0 bridgehead atoms. The number of likely N-dealkylation sites (tertiary alicyclic amines) is 1. The number of thiazole rings is 1. The van der Waals surface area contributed by atoms with E-state index in [-0.39, 0.29) is 5.91 Å². The van der Waals surface area contributed by atoms with Crippen LogP contribution in [-0.2, 0) is 4.79 Å². The van der Waals surface area contributed by atoms with Crippen LogP contribution in [0.1, 0.15) is 40.4 Å². The van der Waals surface area contributed by atoms with Crippen molar-refractivity contribution in [2.45, 2.75) is 39.2 Å². The molecule has 7 heteroatoms. The van der Waals surface area contributed by atoms with Gasteiger partial charge in [-0.15, -0.1) is 11.3 Å². The first-order valence-corrected chi connectivity index (χ1v) is 8.37. The summed E-state index contributed by atoms with van der Waals surface area (Å²) in [7, 11) is 0. The highest BCUT2D eigenvalue weighted by molar-refractivity contribution is 7.17. The van der Waals surface area contributed by atoms with Crippen LogP contribution in [0.5, 0.6) is 0 Å². The molecule has 3 rings (SSSR count). The third-order valence-electron chi connectivity index (χ3n) is 3.99. The number of carboxylic acids is 1. The van der Waals surface area contributed by atoms with Crippen LogP contribution in [-0.4, -0.2) is 39.5 Å². The average molecular weight is 334 g/mol. The zero-order valence-corrected chi connectivity index (χ0v) is 13.9. The van der Waals surface area contributed by atoms with E-state index in [1.54, 1.807) is 6.92 Å². The monoisotopic (exact) mass is 334 g/mol. The summed E-state index contributed by atoms with van der Waals surface area (Å²) in [5, 5.41) is 9.98. The molecule has 6 nitrogen and oxygen atoms in total. The quantitative estimate of drug-likeness (QED) is 0.932. The Kier molecular flexibility index (Phi) is 4.21. The Bertz CT molecular complexity index is 749. The molecule has 23 heavy (non-hydrogen) atoms. The van der Waals surface area contributed by atoms with Crippen molar-refractivity contribution < 1.29 is 19.1 Å². The molecule has 0 spiro atoms. The Morgan fingerprint density at radius 2 is 2.13 bits per heavy atom. The number of carboxylic acid groups (broad SMARTS) is 1. The Morgan fingerprint density at radius 1 is 1.35 bits per heavy atom. The maximum absolute atomic E-state index is 12.8. The van der Waals surface area contributed by atoms with Crippen LogP contribution in [0.3, 0.4) is 0 Å². The molecule has 2 aromatic rings. The number of nitrogens with zero attached hydrogens (tertiary/aromatic N) is 2. The van der Waals surface area contributed by atoms with E-state index in [0.29, 0.717) is 34.3 Å². The van der Waals surface area contributed by atoms with Gasteiger partial charge in [0.05, 0.1) is 5.69 Å². The van der Waals surface area contributed by atoms with Gasteiger partial charge in [0, 0.05) is 6.54 Å². The topological polar surface area (TPSA) is 83.6 Å². The number of aromatic nitrogens is 1. The van der Waals surface area contributed by atoms with Gasteiger partial charge in [-0.3, -0.25) is 4.79 Å². The molecule has 1 fully saturated rings. The van der Waals surface area contributed by atoms with Crippen LogP contribution >= 0.6 is 11.3 Å². The molecular formula is C16H18N2O4S. The molecule has 1 N–H and O–H groups in total. The summed E-state index contributed by atoms with van der Waals surface area (Å²) in [4.78, 5) is 30.5. The third kappa shape index (κ3) is 3.01. The van der Waals surface area contributed by atoms with Gasteiger partial charge in [0.25, 0.3) is 5.91 Å². The Balaban J connectivity index is 1.90. The van der Waals surface area contributed by atoms with Crippen molar-refractivity contribution in [2.75, 3.05) is 6.54 Å². The summed E-state index contributed by atoms with van der Waals surface area (Å²) in [6.45, 7) is 4.09. The molecule has 1 saturated heterocycles. The first kappa shape index (κ1) is 15.7. The molecule has 0 radical (unpaired) electrons. The second-order valence-electron chi connectivity index (χ2n) is 5.69. The van der Waals surface area contributed by atoms with E-state index in [4.69, 9.17) is 4.42 Å². The van der Waals surface area contributed by atoms with Gasteiger partial charge in [-0.05, 0) is 45.2 Å². The highest BCUT2D eigenvalue weighted by Gasteiger charge is 2.34. The maximum Gasteiger partial charge on any atom is 0.326 e. The number of carbonyl (C=O) groups excluding carboxylic acids is 1. The van der Waals surface area contributed by atoms with Crippen LogP contribution in [0.25, 0.3) is 10.8 Å². The fourth-order valence-electron chi connectivity index (χ4n) is 2.81. The minimum atomic E-state index is -0.942. The molecule has 1 unspecified atom stereocenters. The summed E-state index contributed by atoms with van der Waals surface area (Å²) in [6, 6.07) is 2.92. The predicted molar refractivity (Wildman–Crippen MR) is 85.6 cm³/mol. The number of rotatable bonds is 3. The van der Waals surface area contributed by atoms with Gasteiger partial charge in [0.15, 0.2) is 10.8 Å². The van der Waals surface area contributed by atoms with Crippen molar-refractivity contribution in [3.63, 3.8) is 0 Å². The summed E-state index contributed by atoms with van der Waals surface area (Å²) in [5.74, 6) is 0.217. The van der Waals surface area contributed by atoms with Crippen molar-refractivity contribution in [2.24, 2.45) is 0 Å². The fraction of sp³-hybridized carbons (Fsp3) is 0.438. The van der Waals surface area contributed by atoms with Crippen LogP contribution in [0, 0.1) is 13.8 Å². The van der Waals surface area contributed by atoms with Crippen LogP contribution in [0.15, 0.2) is 16.5 Å². The summed E-state index contributed by atoms with van der Waals surface area (Å²) < 4.78 is 5.55. The molecular weight excluding hydrogens is 316 g/mol. The van der Waals surface area contributed by atoms with Crippen LogP contribution in [0.4, 0.5) is 0 Å². The number of aliphatic carboxylic acids is 1. The normalized spacial score (nSPS) is 18.2. The van der Waals surface area contributed by atoms with Gasteiger partial charge in [-0.2, -0.15) is 0 Å². The smallest absolute Gasteiger partial charge is 0.326 e. The Labute approximate surface area is 137 Å². The highest BCUT2D eigenvalue weighted by atomic mass is 32.1. The van der Waals surface area contributed by atoms with Gasteiger partial charge >= 0.3 is 5.97 Å². The fourth-order valence-corrected chi connectivity index (χ4v) is 3.80. The van der Waals surface area contributed by atoms with Crippen molar-refractivity contribution in [1.29, 1.82) is 0 Å². The van der Waals surface area contributed by atoms with Gasteiger partial charge < -0.3 is 14.4 Å². The molecule has 0 saturated carbocycles. The molecule has 0 aromatic carbocycles. The summed E-state index contributed by atoms with van der Waals surface area (Å²) in [5.41, 5.74) is 0.610. The zero-order chi connectivity index (χ0) is 16.6. The first-order chi connectivity index (χ1) is 11.0. The molecule has 1 atom stereocenters. The van der Waals surface area contributed by atoms with Gasteiger partial charge in [0.2, 0.25) is 0 Å². The van der Waals surface area contributed by atoms with Gasteiger partial charge in [0.1, 0.15) is 16.7 Å². The summed E-state index contributed by atoms with van der Waals surface area (Å²) in [6.07, 6.45) is 2.17. The van der Waals surface area contributed by atoms with Crippen molar-refractivity contribution in [1.82, 2.24) is 9.88 Å². The first-order valence-electron chi connectivity index (χ1n) is 7.55. The highest BCUT2D eigenvalue weighted by Crippen LogP contribution is 2.31. The number of hydrogen-bond donors (Lipinski definition) is 1. The SMILES string of the molecule is Cc1ccc(-c2nc(C)c(C(=O)N3CCCCC3C(=O)O)s2)o1. The van der Waals surface area contributed by atoms with E-state index in [1.807, 2.05) is 19.1 Å². The van der Waals surface area contributed by atoms with Gasteiger partial charge in [-0.25, -0.2) is 9.78 Å². The van der Waals surface area contributed by atoms with Crippen LogP contribution < -0.4 is 0 Å². The minimum Gasteiger partial charge on any atom is -0.480 e. The van der Waals surface area contributed by atoms with E-state index in [9.17, 15) is 14.7 Å². The molecule has 1 aliphatic rings. The van der Waals surface area contributed by atoms with E-state index >= 15 is 0 Å². The van der Waals surface area contributed by atoms with Crippen molar-refractivity contribution in [3.8, 4) is 10.8 Å². The van der Waals surface area contributed by atoms with E-state index in [2.05, 4.69) is 4.98 Å². The van der Waals surface area contributed by atoms with Gasteiger partial charge in [-0.1, -0.05) is 0 Å². The maximum atomic E-state index is 12.8. The molecule has 3 heterocycles. The Hall–Kier alpha value is -2.15. The Morgan fingerprint density at radius 3 is 2.78 bits per heavy atom. The lowest BCUT2D eigenvalue weighted by molar-refractivity contribution is -0.143. The number of hydrogen-bond acceptors (Lipinski definition) is 5. The molecule has 1 amide bonds. The number of carbonyl (C=O) groups is 2. The number of furan rings is 1. The standard InChI is InChI=1S/C16H18N2O4S/c1-9-6-7-12(22-9)14-17-10(2)13(23-14)15(19)18-8-4-3-5-11(18)16(20)21/h6-7,11H,3-5,8H2,1-2H3,(H,20,21). The number of piperidine rings is 1. The average Bonchev–Trinajstić information content (AvgIpc) is 3.12. The lowest BCUT2D eigenvalue weighted by Crippen LogP contribution is -2.47. The van der Waals surface area contributed by atoms with Crippen molar-refractivity contribution >= 4 is 23.2 Å².